The van der Waals surface area contributed by atoms with E-state index in [0.29, 0.717) is 21.4 Å². The predicted molar refractivity (Wildman–Crippen MR) is 80.7 cm³/mol. The maximum atomic E-state index is 13.3. The van der Waals surface area contributed by atoms with Crippen LogP contribution in [0.4, 0.5) is 21.5 Å². The molecule has 0 aliphatic carbocycles. The first-order valence-corrected chi connectivity index (χ1v) is 6.81. The highest BCUT2D eigenvalue weighted by Gasteiger charge is 2.08. The molecule has 2 aromatic rings. The van der Waals surface area contributed by atoms with Gasteiger partial charge in [0.2, 0.25) is 0 Å². The molecule has 0 heterocycles. The summed E-state index contributed by atoms with van der Waals surface area (Å²) in [5.74, 6) is -0.415. The Morgan fingerprint density at radius 2 is 1.84 bits per heavy atom. The third-order valence-corrected chi connectivity index (χ3v) is 3.72. The molecule has 6 heteroatoms. The zero-order valence-electron chi connectivity index (χ0n) is 9.55. The first kappa shape index (κ1) is 13.8. The number of nitrogens with one attached hydrogen (secondary N) is 1. The predicted octanol–water partition coefficient (Wildman–Crippen LogP) is 4.55. The number of rotatable bonds is 2. The number of nitrogens with two attached hydrogens (primary N) is 1. The highest BCUT2D eigenvalue weighted by molar-refractivity contribution is 9.10. The standard InChI is InChI=1S/C13H8Br2FN3/c14-8-4-13(11(18)5-10(8)16)19-12-2-1-7(6-17)3-9(12)15/h1-5,19H,18H2. The molecule has 0 bridgehead atoms. The third-order valence-electron chi connectivity index (χ3n) is 2.46. The van der Waals surface area contributed by atoms with Gasteiger partial charge in [-0.15, -0.1) is 0 Å². The van der Waals surface area contributed by atoms with E-state index in [2.05, 4.69) is 37.2 Å². The number of nitrogen functional groups attached to an aromatic ring is 1. The summed E-state index contributed by atoms with van der Waals surface area (Å²) in [5.41, 5.74) is 7.93. The minimum absolute atomic E-state index is 0.303. The van der Waals surface area contributed by atoms with E-state index in [1.807, 2.05) is 6.07 Å². The largest absolute Gasteiger partial charge is 0.397 e. The Labute approximate surface area is 126 Å². The second-order valence-electron chi connectivity index (χ2n) is 3.78. The SMILES string of the molecule is N#Cc1ccc(Nc2cc(Br)c(F)cc2N)c(Br)c1. The second kappa shape index (κ2) is 5.59. The average molecular weight is 385 g/mol. The summed E-state index contributed by atoms with van der Waals surface area (Å²) in [6, 6.07) is 9.98. The molecule has 0 unspecified atom stereocenters. The lowest BCUT2D eigenvalue weighted by molar-refractivity contribution is 0.622. The first-order valence-electron chi connectivity index (χ1n) is 5.22. The van der Waals surface area contributed by atoms with Crippen molar-refractivity contribution in [1.82, 2.24) is 0 Å². The Morgan fingerprint density at radius 3 is 2.47 bits per heavy atom. The highest BCUT2D eigenvalue weighted by Crippen LogP contribution is 2.32. The van der Waals surface area contributed by atoms with E-state index in [4.69, 9.17) is 11.0 Å². The van der Waals surface area contributed by atoms with Gasteiger partial charge in [-0.2, -0.15) is 5.26 Å². The lowest BCUT2D eigenvalue weighted by Crippen LogP contribution is -1.98. The molecule has 0 aromatic heterocycles. The van der Waals surface area contributed by atoms with E-state index >= 15 is 0 Å². The summed E-state index contributed by atoms with van der Waals surface area (Å²) >= 11 is 6.47. The maximum absolute atomic E-state index is 13.3. The molecule has 0 aliphatic rings. The summed E-state index contributed by atoms with van der Waals surface area (Å²) in [6.45, 7) is 0. The number of halogens is 3. The molecule has 3 nitrogen and oxygen atoms in total. The van der Waals surface area contributed by atoms with Crippen molar-refractivity contribution >= 4 is 48.9 Å². The molecule has 0 fully saturated rings. The fourth-order valence-electron chi connectivity index (χ4n) is 1.50. The van der Waals surface area contributed by atoms with Gasteiger partial charge in [-0.05, 0) is 56.1 Å². The van der Waals surface area contributed by atoms with Gasteiger partial charge >= 0.3 is 0 Å². The summed E-state index contributed by atoms with van der Waals surface area (Å²) in [5, 5.41) is 11.9. The lowest BCUT2D eigenvalue weighted by atomic mass is 10.2. The van der Waals surface area contributed by atoms with Crippen LogP contribution < -0.4 is 11.1 Å². The third kappa shape index (κ3) is 3.06. The molecule has 0 atom stereocenters. The van der Waals surface area contributed by atoms with Crippen LogP contribution in [-0.2, 0) is 0 Å². The molecular formula is C13H8Br2FN3. The molecule has 0 saturated carbocycles. The molecular weight excluding hydrogens is 377 g/mol. The van der Waals surface area contributed by atoms with Crippen molar-refractivity contribution in [1.29, 1.82) is 5.26 Å². The van der Waals surface area contributed by atoms with E-state index in [1.54, 1.807) is 24.3 Å². The van der Waals surface area contributed by atoms with Crippen molar-refractivity contribution in [3.63, 3.8) is 0 Å². The van der Waals surface area contributed by atoms with E-state index in [1.165, 1.54) is 6.07 Å². The van der Waals surface area contributed by atoms with Crippen LogP contribution in [0, 0.1) is 17.1 Å². The van der Waals surface area contributed by atoms with Crippen LogP contribution in [0.1, 0.15) is 5.56 Å². The minimum atomic E-state index is -0.415. The van der Waals surface area contributed by atoms with E-state index in [-0.39, 0.29) is 0 Å². The van der Waals surface area contributed by atoms with Crippen molar-refractivity contribution in [2.75, 3.05) is 11.1 Å². The molecule has 2 rings (SSSR count). The van der Waals surface area contributed by atoms with Crippen molar-refractivity contribution in [2.24, 2.45) is 0 Å². The van der Waals surface area contributed by atoms with Gasteiger partial charge in [0.1, 0.15) is 5.82 Å². The van der Waals surface area contributed by atoms with Crippen LogP contribution in [0.5, 0.6) is 0 Å². The monoisotopic (exact) mass is 383 g/mol. The van der Waals surface area contributed by atoms with E-state index in [9.17, 15) is 4.39 Å². The Bertz CT molecular complexity index is 680. The van der Waals surface area contributed by atoms with Crippen LogP contribution in [0.15, 0.2) is 39.3 Å². The molecule has 96 valence electrons. The quantitative estimate of drug-likeness (QED) is 0.746. The van der Waals surface area contributed by atoms with Gasteiger partial charge < -0.3 is 11.1 Å². The van der Waals surface area contributed by atoms with E-state index in [0.717, 1.165) is 10.2 Å². The smallest absolute Gasteiger partial charge is 0.139 e. The van der Waals surface area contributed by atoms with Crippen molar-refractivity contribution in [3.8, 4) is 6.07 Å². The number of anilines is 3. The van der Waals surface area contributed by atoms with Gasteiger partial charge in [0, 0.05) is 10.5 Å². The van der Waals surface area contributed by atoms with Gasteiger partial charge in [-0.3, -0.25) is 0 Å². The number of hydrogen-bond donors (Lipinski definition) is 2. The molecule has 0 aliphatic heterocycles. The van der Waals surface area contributed by atoms with Gasteiger partial charge in [0.05, 0.1) is 33.2 Å². The summed E-state index contributed by atoms with van der Waals surface area (Å²) in [7, 11) is 0. The second-order valence-corrected chi connectivity index (χ2v) is 5.49. The Balaban J connectivity index is 2.37. The van der Waals surface area contributed by atoms with Crippen molar-refractivity contribution < 1.29 is 4.39 Å². The van der Waals surface area contributed by atoms with Gasteiger partial charge in [0.15, 0.2) is 0 Å². The molecule has 2 aromatic carbocycles. The van der Waals surface area contributed by atoms with Crippen molar-refractivity contribution in [2.45, 2.75) is 0 Å². The summed E-state index contributed by atoms with van der Waals surface area (Å²) < 4.78 is 14.3. The molecule has 0 radical (unpaired) electrons. The van der Waals surface area contributed by atoms with Crippen LogP contribution in [-0.4, -0.2) is 0 Å². The topological polar surface area (TPSA) is 61.8 Å². The lowest BCUT2D eigenvalue weighted by Gasteiger charge is -2.12. The van der Waals surface area contributed by atoms with Crippen LogP contribution >= 0.6 is 31.9 Å². The zero-order valence-corrected chi connectivity index (χ0v) is 12.7. The molecule has 19 heavy (non-hydrogen) atoms. The zero-order chi connectivity index (χ0) is 14.0. The molecule has 0 saturated heterocycles. The van der Waals surface area contributed by atoms with Crippen LogP contribution in [0.2, 0.25) is 0 Å². The van der Waals surface area contributed by atoms with E-state index < -0.39 is 5.82 Å². The Kier molecular flexibility index (Phi) is 4.08. The molecule has 0 amide bonds. The number of nitrogens with zero attached hydrogens (tertiary/aromatic N) is 1. The van der Waals surface area contributed by atoms with Crippen molar-refractivity contribution in [3.05, 3.63) is 50.7 Å². The number of benzene rings is 2. The highest BCUT2D eigenvalue weighted by atomic mass is 79.9. The molecule has 0 spiro atoms. The normalized spacial score (nSPS) is 10.0. The fourth-order valence-corrected chi connectivity index (χ4v) is 2.32. The minimum Gasteiger partial charge on any atom is -0.397 e. The number of nitriles is 1. The van der Waals surface area contributed by atoms with Gasteiger partial charge in [-0.1, -0.05) is 0 Å². The van der Waals surface area contributed by atoms with Gasteiger partial charge in [-0.25, -0.2) is 4.39 Å². The first-order chi connectivity index (χ1) is 9.01. The maximum Gasteiger partial charge on any atom is 0.139 e. The molecule has 3 N–H and O–H groups in total. The van der Waals surface area contributed by atoms with Crippen LogP contribution in [0.3, 0.4) is 0 Å². The number of hydrogen-bond acceptors (Lipinski definition) is 3. The summed E-state index contributed by atoms with van der Waals surface area (Å²) in [6.07, 6.45) is 0. The Hall–Kier alpha value is -1.58. The summed E-state index contributed by atoms with van der Waals surface area (Å²) in [4.78, 5) is 0. The average Bonchev–Trinajstić information content (AvgIpc) is 2.38. The Morgan fingerprint density at radius 1 is 1.11 bits per heavy atom. The van der Waals surface area contributed by atoms with Gasteiger partial charge in [0.25, 0.3) is 0 Å². The fraction of sp³-hybridized carbons (Fsp3) is 0. The van der Waals surface area contributed by atoms with Crippen LogP contribution in [0.25, 0.3) is 0 Å².